The van der Waals surface area contributed by atoms with Crippen LogP contribution in [0.3, 0.4) is 0 Å². The molecule has 17 nitrogen and oxygen atoms in total. The van der Waals surface area contributed by atoms with E-state index in [-0.39, 0.29) is 25.7 Å². The quantitative estimate of drug-likeness (QED) is 0.0222. The number of hydrogen-bond donors (Lipinski definition) is 3. The van der Waals surface area contributed by atoms with Crippen LogP contribution in [0.25, 0.3) is 0 Å². The minimum atomic E-state index is -4.96. The first-order chi connectivity index (χ1) is 47.9. The van der Waals surface area contributed by atoms with Gasteiger partial charge in [0.15, 0.2) is 12.2 Å². The number of esters is 4. The fourth-order valence-corrected chi connectivity index (χ4v) is 13.9. The van der Waals surface area contributed by atoms with Crippen LogP contribution >= 0.6 is 15.6 Å². The monoisotopic (exact) mass is 1450 g/mol. The van der Waals surface area contributed by atoms with E-state index in [1.807, 2.05) is 0 Å². The number of hydrogen-bond acceptors (Lipinski definition) is 15. The van der Waals surface area contributed by atoms with Crippen LogP contribution in [-0.4, -0.2) is 96.7 Å². The predicted octanol–water partition coefficient (Wildman–Crippen LogP) is 23.9. The van der Waals surface area contributed by atoms with Crippen molar-refractivity contribution in [3.8, 4) is 0 Å². The van der Waals surface area contributed by atoms with E-state index in [4.69, 9.17) is 37.0 Å². The second-order valence-corrected chi connectivity index (χ2v) is 32.7. The van der Waals surface area contributed by atoms with E-state index >= 15 is 0 Å². The summed E-state index contributed by atoms with van der Waals surface area (Å²) in [6.45, 7) is 9.59. The molecule has 0 fully saturated rings. The second kappa shape index (κ2) is 71.7. The van der Waals surface area contributed by atoms with Gasteiger partial charge in [-0.15, -0.1) is 0 Å². The summed E-state index contributed by atoms with van der Waals surface area (Å²) in [5.41, 5.74) is 0. The number of unbranched alkanes of at least 4 members (excludes halogenated alkanes) is 49. The molecule has 99 heavy (non-hydrogen) atoms. The molecule has 0 amide bonds. The Morgan fingerprint density at radius 3 is 0.687 bits per heavy atom. The Hall–Kier alpha value is -1.94. The van der Waals surface area contributed by atoms with E-state index in [1.54, 1.807) is 0 Å². The molecule has 19 heteroatoms. The van der Waals surface area contributed by atoms with Crippen molar-refractivity contribution in [3.05, 3.63) is 0 Å². The average Bonchev–Trinajstić information content (AvgIpc) is 2.81. The third-order valence-electron chi connectivity index (χ3n) is 18.7. The van der Waals surface area contributed by atoms with Gasteiger partial charge in [-0.2, -0.15) is 0 Å². The largest absolute Gasteiger partial charge is 0.472 e. The summed E-state index contributed by atoms with van der Waals surface area (Å²) >= 11 is 0. The van der Waals surface area contributed by atoms with Crippen molar-refractivity contribution in [2.24, 2.45) is 11.8 Å². The highest BCUT2D eigenvalue weighted by molar-refractivity contribution is 7.47. The van der Waals surface area contributed by atoms with Crippen molar-refractivity contribution in [1.82, 2.24) is 0 Å². The molecule has 0 aliphatic carbocycles. The van der Waals surface area contributed by atoms with Gasteiger partial charge in [-0.25, -0.2) is 9.13 Å². The molecule has 0 saturated heterocycles. The first-order valence-electron chi connectivity index (χ1n) is 41.5. The number of phosphoric acid groups is 2. The Kier molecular flexibility index (Phi) is 70.3. The van der Waals surface area contributed by atoms with Crippen LogP contribution in [0.1, 0.15) is 420 Å². The summed E-state index contributed by atoms with van der Waals surface area (Å²) in [5.74, 6) is -0.632. The van der Waals surface area contributed by atoms with E-state index in [0.29, 0.717) is 25.7 Å². The number of carbonyl (C=O) groups is 4. The van der Waals surface area contributed by atoms with Crippen LogP contribution in [0.5, 0.6) is 0 Å². The third kappa shape index (κ3) is 74.1. The molecule has 3 N–H and O–H groups in total. The molecule has 0 heterocycles. The number of ether oxygens (including phenoxy) is 4. The standard InChI is InChI=1S/C80H156O17P2/c1-7-9-11-13-15-17-19-21-23-25-27-29-31-33-38-46-52-58-64-79(84)96-75(68-90-77(82)62-56-50-44-37-32-30-28-26-24-22-20-18-16-14-12-10-8-2)70-94-98(86,87)92-66-74(81)67-93-99(88,89)95-71-76(69-91-78(83)63-57-51-45-41-40-43-49-55-61-73(5)6)97-80(85)65-59-53-47-39-35-34-36-42-48-54-60-72(3)4/h72-76,81H,7-71H2,1-6H3,(H,86,87)(H,88,89)/t74-,75-,76-/m1/s1. The summed E-state index contributed by atoms with van der Waals surface area (Å²) in [4.78, 5) is 73.0. The molecule has 0 aromatic carbocycles. The number of carbonyl (C=O) groups excluding carboxylic acids is 4. The predicted molar refractivity (Wildman–Crippen MR) is 405 cm³/mol. The lowest BCUT2D eigenvalue weighted by Gasteiger charge is -2.21. The normalized spacial score (nSPS) is 13.9. The van der Waals surface area contributed by atoms with Crippen molar-refractivity contribution in [1.29, 1.82) is 0 Å². The molecular formula is C80H156O17P2. The Morgan fingerprint density at radius 1 is 0.273 bits per heavy atom. The van der Waals surface area contributed by atoms with Gasteiger partial charge < -0.3 is 33.8 Å². The zero-order valence-corrected chi connectivity index (χ0v) is 66.6. The number of aliphatic hydroxyl groups excluding tert-OH is 1. The fourth-order valence-electron chi connectivity index (χ4n) is 12.4. The van der Waals surface area contributed by atoms with E-state index in [9.17, 15) is 43.2 Å². The Balaban J connectivity index is 5.25. The zero-order chi connectivity index (χ0) is 72.8. The van der Waals surface area contributed by atoms with E-state index in [2.05, 4.69) is 41.5 Å². The van der Waals surface area contributed by atoms with Crippen molar-refractivity contribution >= 4 is 39.5 Å². The highest BCUT2D eigenvalue weighted by atomic mass is 31.2. The van der Waals surface area contributed by atoms with Crippen LogP contribution in [0.4, 0.5) is 0 Å². The molecule has 0 aromatic heterocycles. The third-order valence-corrected chi connectivity index (χ3v) is 20.6. The zero-order valence-electron chi connectivity index (χ0n) is 64.8. The minimum Gasteiger partial charge on any atom is -0.462 e. The Labute approximate surface area is 607 Å². The minimum absolute atomic E-state index is 0.106. The molecule has 0 aromatic rings. The maximum atomic E-state index is 13.1. The summed E-state index contributed by atoms with van der Waals surface area (Å²) in [6, 6.07) is 0. The molecule has 0 aliphatic heterocycles. The van der Waals surface area contributed by atoms with E-state index in [0.717, 1.165) is 102 Å². The van der Waals surface area contributed by atoms with Crippen LogP contribution in [0, 0.1) is 11.8 Å². The van der Waals surface area contributed by atoms with Crippen molar-refractivity contribution in [2.45, 2.75) is 439 Å². The molecule has 588 valence electrons. The van der Waals surface area contributed by atoms with Gasteiger partial charge in [0, 0.05) is 25.7 Å². The SMILES string of the molecule is CCCCCCCCCCCCCCCCCCCCC(=O)O[C@H](COC(=O)CCCCCCCCCCCCCCCCCCC)COP(=O)(O)OC[C@@H](O)COP(=O)(O)OC[C@@H](COC(=O)CCCCCCCCCCC(C)C)OC(=O)CCCCCCCCCCCCC(C)C. The number of phosphoric ester groups is 2. The molecular weight excluding hydrogens is 1290 g/mol. The summed E-state index contributed by atoms with van der Waals surface area (Å²) in [5, 5.41) is 10.6. The molecule has 0 radical (unpaired) electrons. The van der Waals surface area contributed by atoms with Crippen LogP contribution in [-0.2, 0) is 65.4 Å². The van der Waals surface area contributed by atoms with Gasteiger partial charge >= 0.3 is 39.5 Å². The van der Waals surface area contributed by atoms with Crippen molar-refractivity contribution < 1.29 is 80.2 Å². The lowest BCUT2D eigenvalue weighted by molar-refractivity contribution is -0.161. The Morgan fingerprint density at radius 2 is 0.465 bits per heavy atom. The molecule has 0 saturated carbocycles. The fraction of sp³-hybridized carbons (Fsp3) is 0.950. The van der Waals surface area contributed by atoms with Gasteiger partial charge in [0.1, 0.15) is 19.3 Å². The maximum absolute atomic E-state index is 13.1. The van der Waals surface area contributed by atoms with Crippen molar-refractivity contribution in [3.63, 3.8) is 0 Å². The molecule has 0 rings (SSSR count). The summed E-state index contributed by atoms with van der Waals surface area (Å²) < 4.78 is 68.7. The molecule has 5 atom stereocenters. The lowest BCUT2D eigenvalue weighted by Crippen LogP contribution is -2.30. The first kappa shape index (κ1) is 97.1. The number of rotatable bonds is 79. The van der Waals surface area contributed by atoms with Gasteiger partial charge in [0.25, 0.3) is 0 Å². The highest BCUT2D eigenvalue weighted by Gasteiger charge is 2.30. The van der Waals surface area contributed by atoms with Gasteiger partial charge in [-0.3, -0.25) is 37.3 Å². The molecule has 0 aliphatic rings. The lowest BCUT2D eigenvalue weighted by atomic mass is 10.0. The first-order valence-corrected chi connectivity index (χ1v) is 44.5. The average molecular weight is 1450 g/mol. The van der Waals surface area contributed by atoms with Crippen LogP contribution < -0.4 is 0 Å². The summed E-state index contributed by atoms with van der Waals surface area (Å²) in [7, 11) is -9.92. The van der Waals surface area contributed by atoms with E-state index in [1.165, 1.54) is 238 Å². The molecule has 2 unspecified atom stereocenters. The number of aliphatic hydroxyl groups is 1. The Bertz CT molecular complexity index is 1910. The molecule has 0 bridgehead atoms. The highest BCUT2D eigenvalue weighted by Crippen LogP contribution is 2.45. The van der Waals surface area contributed by atoms with Gasteiger partial charge in [0.05, 0.1) is 26.4 Å². The van der Waals surface area contributed by atoms with Gasteiger partial charge in [-0.1, -0.05) is 369 Å². The second-order valence-electron chi connectivity index (χ2n) is 29.8. The van der Waals surface area contributed by atoms with Crippen molar-refractivity contribution in [2.75, 3.05) is 39.6 Å². The molecule has 0 spiro atoms. The van der Waals surface area contributed by atoms with E-state index < -0.39 is 97.5 Å². The van der Waals surface area contributed by atoms with Crippen LogP contribution in [0.2, 0.25) is 0 Å². The smallest absolute Gasteiger partial charge is 0.462 e. The van der Waals surface area contributed by atoms with Crippen LogP contribution in [0.15, 0.2) is 0 Å². The topological polar surface area (TPSA) is 237 Å². The van der Waals surface area contributed by atoms with Gasteiger partial charge in [-0.05, 0) is 37.5 Å². The maximum Gasteiger partial charge on any atom is 0.472 e. The summed E-state index contributed by atoms with van der Waals surface area (Å²) in [6.07, 6.45) is 61.1. The van der Waals surface area contributed by atoms with Gasteiger partial charge in [0.2, 0.25) is 0 Å².